The standard InChI is InChI=1S/C24H20F4N6O2/c25-20-7-16(22-30-31-23(36-22)24(26,27)28)4-5-17(20)10-34-11-21(29-32-34)15-3-1-2-14(6-15)18-8-33(9-18)19-12-35-13-19/h1-7,11,18-19H,8-10,12-13H2. The molecule has 0 atom stereocenters. The average Bonchev–Trinajstić information content (AvgIpc) is 3.46. The van der Waals surface area contributed by atoms with Crippen molar-refractivity contribution in [3.8, 4) is 22.7 Å². The molecule has 0 spiro atoms. The van der Waals surface area contributed by atoms with Crippen LogP contribution in [0.3, 0.4) is 0 Å². The highest BCUT2D eigenvalue weighted by atomic mass is 19.4. The summed E-state index contributed by atoms with van der Waals surface area (Å²) in [4.78, 5) is 2.44. The van der Waals surface area contributed by atoms with E-state index >= 15 is 0 Å². The molecule has 36 heavy (non-hydrogen) atoms. The number of likely N-dealkylation sites (tertiary alicyclic amines) is 1. The van der Waals surface area contributed by atoms with Crippen molar-refractivity contribution < 1.29 is 26.7 Å². The van der Waals surface area contributed by atoms with Crippen LogP contribution in [0.1, 0.15) is 22.9 Å². The van der Waals surface area contributed by atoms with Gasteiger partial charge in [-0.05, 0) is 23.8 Å². The monoisotopic (exact) mass is 500 g/mol. The van der Waals surface area contributed by atoms with Crippen molar-refractivity contribution in [3.63, 3.8) is 0 Å². The Morgan fingerprint density at radius 1 is 0.972 bits per heavy atom. The third-order valence-electron chi connectivity index (χ3n) is 6.54. The molecular weight excluding hydrogens is 480 g/mol. The first-order valence-electron chi connectivity index (χ1n) is 11.4. The summed E-state index contributed by atoms with van der Waals surface area (Å²) < 4.78 is 64.1. The van der Waals surface area contributed by atoms with E-state index in [-0.39, 0.29) is 17.7 Å². The second kappa shape index (κ2) is 8.79. The lowest BCUT2D eigenvalue weighted by Crippen LogP contribution is -2.58. The Bertz CT molecular complexity index is 1390. The van der Waals surface area contributed by atoms with Crippen molar-refractivity contribution >= 4 is 0 Å². The molecule has 0 aliphatic carbocycles. The molecule has 0 saturated carbocycles. The van der Waals surface area contributed by atoms with Gasteiger partial charge < -0.3 is 9.15 Å². The lowest BCUT2D eigenvalue weighted by molar-refractivity contribution is -0.156. The molecule has 2 aromatic carbocycles. The lowest BCUT2D eigenvalue weighted by Gasteiger charge is -2.47. The van der Waals surface area contributed by atoms with E-state index in [2.05, 4.69) is 42.0 Å². The number of hydrogen-bond donors (Lipinski definition) is 0. The van der Waals surface area contributed by atoms with Gasteiger partial charge in [0.2, 0.25) is 5.89 Å². The first kappa shape index (κ1) is 22.8. The summed E-state index contributed by atoms with van der Waals surface area (Å²) in [5.74, 6) is -2.06. The molecule has 2 aliphatic heterocycles. The number of nitrogens with zero attached hydrogens (tertiary/aromatic N) is 6. The summed E-state index contributed by atoms with van der Waals surface area (Å²) in [6.45, 7) is 3.75. The molecule has 2 aliphatic rings. The molecule has 4 aromatic rings. The van der Waals surface area contributed by atoms with E-state index in [1.807, 2.05) is 12.1 Å². The van der Waals surface area contributed by atoms with Gasteiger partial charge >= 0.3 is 12.1 Å². The highest BCUT2D eigenvalue weighted by Gasteiger charge is 2.38. The van der Waals surface area contributed by atoms with Crippen molar-refractivity contribution in [2.75, 3.05) is 26.3 Å². The number of alkyl halides is 3. The second-order valence-electron chi connectivity index (χ2n) is 8.99. The molecule has 186 valence electrons. The van der Waals surface area contributed by atoms with Crippen molar-refractivity contribution in [1.82, 2.24) is 30.1 Å². The van der Waals surface area contributed by atoms with Crippen LogP contribution in [0.5, 0.6) is 0 Å². The molecule has 2 aromatic heterocycles. The van der Waals surface area contributed by atoms with Gasteiger partial charge in [0, 0.05) is 35.7 Å². The predicted octanol–water partition coefficient (Wildman–Crippen LogP) is 4.00. The molecular formula is C24H20F4N6O2. The maximum Gasteiger partial charge on any atom is 0.470 e. The van der Waals surface area contributed by atoms with Crippen LogP contribution in [0.2, 0.25) is 0 Å². The summed E-state index contributed by atoms with van der Waals surface area (Å²) in [6.07, 6.45) is -3.03. The summed E-state index contributed by atoms with van der Waals surface area (Å²) in [7, 11) is 0. The first-order valence-corrected chi connectivity index (χ1v) is 11.4. The first-order chi connectivity index (χ1) is 17.3. The SMILES string of the molecule is Fc1cc(-c2nnc(C(F)(F)F)o2)ccc1Cn1cc(-c2cccc(C3CN(C4COC4)C3)c2)nn1. The number of aromatic nitrogens is 5. The fourth-order valence-corrected chi connectivity index (χ4v) is 4.35. The zero-order valence-corrected chi connectivity index (χ0v) is 18.8. The van der Waals surface area contributed by atoms with E-state index in [1.54, 1.807) is 6.20 Å². The zero-order valence-electron chi connectivity index (χ0n) is 18.8. The lowest BCUT2D eigenvalue weighted by atomic mass is 9.88. The number of ether oxygens (including phenoxy) is 1. The van der Waals surface area contributed by atoms with Crippen LogP contribution in [-0.2, 0) is 17.5 Å². The van der Waals surface area contributed by atoms with Gasteiger partial charge in [0.25, 0.3) is 0 Å². The Hall–Kier alpha value is -3.64. The highest BCUT2D eigenvalue weighted by Crippen LogP contribution is 2.33. The van der Waals surface area contributed by atoms with E-state index in [0.29, 0.717) is 17.7 Å². The Labute approximate surface area is 202 Å². The minimum absolute atomic E-state index is 0.0507. The maximum absolute atomic E-state index is 14.7. The van der Waals surface area contributed by atoms with Gasteiger partial charge in [-0.3, -0.25) is 4.90 Å². The molecule has 8 nitrogen and oxygen atoms in total. The zero-order chi connectivity index (χ0) is 24.9. The summed E-state index contributed by atoms with van der Waals surface area (Å²) in [5, 5.41) is 14.7. The van der Waals surface area contributed by atoms with Crippen molar-refractivity contribution in [2.45, 2.75) is 24.7 Å². The van der Waals surface area contributed by atoms with Gasteiger partial charge in [-0.15, -0.1) is 15.3 Å². The van der Waals surface area contributed by atoms with E-state index in [9.17, 15) is 17.6 Å². The normalized spacial score (nSPS) is 17.2. The quantitative estimate of drug-likeness (QED) is 0.370. The average molecular weight is 500 g/mol. The number of hydrogen-bond acceptors (Lipinski definition) is 7. The fourth-order valence-electron chi connectivity index (χ4n) is 4.35. The minimum atomic E-state index is -4.77. The van der Waals surface area contributed by atoms with Gasteiger partial charge in [0.1, 0.15) is 11.5 Å². The summed E-state index contributed by atoms with van der Waals surface area (Å²) in [5.41, 5.74) is 3.18. The number of benzene rings is 2. The van der Waals surface area contributed by atoms with Crippen molar-refractivity contribution in [3.05, 3.63) is 71.5 Å². The molecule has 4 heterocycles. The minimum Gasteiger partial charge on any atom is -0.413 e. The topological polar surface area (TPSA) is 82.1 Å². The van der Waals surface area contributed by atoms with Crippen LogP contribution < -0.4 is 0 Å². The molecule has 0 bridgehead atoms. The van der Waals surface area contributed by atoms with Crippen molar-refractivity contribution in [2.24, 2.45) is 0 Å². The molecule has 12 heteroatoms. The fraction of sp³-hybridized carbons (Fsp3) is 0.333. The molecule has 0 unspecified atom stereocenters. The Morgan fingerprint density at radius 3 is 2.50 bits per heavy atom. The largest absolute Gasteiger partial charge is 0.470 e. The van der Waals surface area contributed by atoms with Crippen LogP contribution in [-0.4, -0.2) is 62.4 Å². The van der Waals surface area contributed by atoms with Gasteiger partial charge in [0.05, 0.1) is 32.0 Å². The molecule has 2 saturated heterocycles. The molecule has 6 rings (SSSR count). The highest BCUT2D eigenvalue weighted by molar-refractivity contribution is 5.59. The molecule has 0 radical (unpaired) electrons. The second-order valence-corrected chi connectivity index (χ2v) is 8.99. The molecule has 0 amide bonds. The van der Waals surface area contributed by atoms with E-state index in [1.165, 1.54) is 22.4 Å². The van der Waals surface area contributed by atoms with Crippen LogP contribution >= 0.6 is 0 Å². The van der Waals surface area contributed by atoms with E-state index < -0.39 is 23.8 Å². The van der Waals surface area contributed by atoms with Gasteiger partial charge in [-0.1, -0.05) is 29.5 Å². The van der Waals surface area contributed by atoms with Gasteiger partial charge in [-0.2, -0.15) is 13.2 Å². The van der Waals surface area contributed by atoms with Crippen molar-refractivity contribution in [1.29, 1.82) is 0 Å². The smallest absolute Gasteiger partial charge is 0.413 e. The van der Waals surface area contributed by atoms with E-state index in [0.717, 1.165) is 37.9 Å². The summed E-state index contributed by atoms with van der Waals surface area (Å²) in [6, 6.07) is 12.7. The van der Waals surface area contributed by atoms with Crippen LogP contribution in [0.15, 0.2) is 53.1 Å². The third-order valence-corrected chi connectivity index (χ3v) is 6.54. The molecule has 0 N–H and O–H groups in total. The Morgan fingerprint density at radius 2 is 1.81 bits per heavy atom. The number of rotatable bonds is 6. The van der Waals surface area contributed by atoms with Gasteiger partial charge in [-0.25, -0.2) is 9.07 Å². The van der Waals surface area contributed by atoms with Crippen LogP contribution in [0.4, 0.5) is 17.6 Å². The maximum atomic E-state index is 14.7. The predicted molar refractivity (Wildman–Crippen MR) is 118 cm³/mol. The Balaban J connectivity index is 1.14. The summed E-state index contributed by atoms with van der Waals surface area (Å²) >= 11 is 0. The number of halogens is 4. The van der Waals surface area contributed by atoms with Gasteiger partial charge in [0.15, 0.2) is 0 Å². The molecule has 2 fully saturated rings. The van der Waals surface area contributed by atoms with E-state index in [4.69, 9.17) is 4.74 Å². The Kier molecular flexibility index (Phi) is 5.56. The third kappa shape index (κ3) is 4.37. The van der Waals surface area contributed by atoms with Crippen LogP contribution in [0.25, 0.3) is 22.7 Å². The van der Waals surface area contributed by atoms with Crippen LogP contribution in [0, 0.1) is 5.82 Å².